The van der Waals surface area contributed by atoms with E-state index in [1.54, 1.807) is 0 Å². The minimum absolute atomic E-state index is 0.105. The number of carbonyl (C=O) groups excluding carboxylic acids is 2. The van der Waals surface area contributed by atoms with Crippen molar-refractivity contribution in [2.24, 2.45) is 11.8 Å². The molecule has 0 spiro atoms. The second kappa shape index (κ2) is 7.14. The maximum atomic E-state index is 12.3. The third-order valence-electron chi connectivity index (χ3n) is 5.90. The minimum Gasteiger partial charge on any atom is -0.469 e. The van der Waals surface area contributed by atoms with Gasteiger partial charge in [0.1, 0.15) is 5.60 Å². The van der Waals surface area contributed by atoms with Crippen LogP contribution in [-0.2, 0) is 14.3 Å². The fraction of sp³-hybridized carbons (Fsp3) is 0.895. The van der Waals surface area contributed by atoms with Crippen LogP contribution in [0, 0.1) is 11.8 Å². The van der Waals surface area contributed by atoms with Crippen molar-refractivity contribution >= 4 is 12.1 Å². The Kier molecular flexibility index (Phi) is 5.28. The molecule has 2 unspecified atom stereocenters. The van der Waals surface area contributed by atoms with E-state index in [4.69, 9.17) is 9.47 Å². The van der Waals surface area contributed by atoms with Crippen molar-refractivity contribution in [3.8, 4) is 0 Å². The van der Waals surface area contributed by atoms with Gasteiger partial charge < -0.3 is 14.4 Å². The zero-order chi connectivity index (χ0) is 18.2. The lowest BCUT2D eigenvalue weighted by Crippen LogP contribution is -2.41. The molecule has 3 rings (SSSR count). The summed E-state index contributed by atoms with van der Waals surface area (Å²) in [5, 5.41) is 0. The van der Waals surface area contributed by atoms with Crippen molar-refractivity contribution in [2.75, 3.05) is 26.7 Å². The van der Waals surface area contributed by atoms with Gasteiger partial charge in [-0.2, -0.15) is 0 Å². The molecule has 1 amide bonds. The third kappa shape index (κ3) is 4.27. The first kappa shape index (κ1) is 18.5. The van der Waals surface area contributed by atoms with E-state index < -0.39 is 5.60 Å². The predicted molar refractivity (Wildman–Crippen MR) is 94.2 cm³/mol. The van der Waals surface area contributed by atoms with E-state index >= 15 is 0 Å². The molecule has 3 aliphatic rings. The summed E-state index contributed by atoms with van der Waals surface area (Å²) < 4.78 is 10.4. The summed E-state index contributed by atoms with van der Waals surface area (Å²) in [6, 6.07) is 0.881. The van der Waals surface area contributed by atoms with Gasteiger partial charge in [0, 0.05) is 25.2 Å². The maximum Gasteiger partial charge on any atom is 0.410 e. The van der Waals surface area contributed by atoms with E-state index in [1.807, 2.05) is 25.7 Å². The van der Waals surface area contributed by atoms with Crippen LogP contribution < -0.4 is 0 Å². The number of methoxy groups -OCH3 is 1. The fourth-order valence-electron chi connectivity index (χ4n) is 4.85. The molecule has 0 N–H and O–H groups in total. The number of nitrogens with zero attached hydrogens (tertiary/aromatic N) is 2. The van der Waals surface area contributed by atoms with Crippen molar-refractivity contribution in [1.82, 2.24) is 9.80 Å². The molecule has 0 radical (unpaired) electrons. The molecular weight excluding hydrogens is 320 g/mol. The first-order chi connectivity index (χ1) is 11.8. The van der Waals surface area contributed by atoms with Crippen LogP contribution in [0.5, 0.6) is 0 Å². The van der Waals surface area contributed by atoms with Crippen molar-refractivity contribution in [1.29, 1.82) is 0 Å². The smallest absolute Gasteiger partial charge is 0.410 e. The van der Waals surface area contributed by atoms with E-state index in [9.17, 15) is 9.59 Å². The molecular formula is C19H32N2O4. The van der Waals surface area contributed by atoms with Crippen LogP contribution in [0.4, 0.5) is 4.79 Å². The Balaban J connectivity index is 1.53. The van der Waals surface area contributed by atoms with E-state index in [1.165, 1.54) is 7.11 Å². The Morgan fingerprint density at radius 2 is 1.76 bits per heavy atom. The van der Waals surface area contributed by atoms with Gasteiger partial charge in [0.15, 0.2) is 0 Å². The molecule has 2 aliphatic heterocycles. The first-order valence-corrected chi connectivity index (χ1v) is 9.57. The van der Waals surface area contributed by atoms with Gasteiger partial charge in [-0.05, 0) is 64.8 Å². The summed E-state index contributed by atoms with van der Waals surface area (Å²) in [4.78, 5) is 28.3. The molecule has 0 aromatic carbocycles. The molecule has 0 aromatic heterocycles. The van der Waals surface area contributed by atoms with Crippen LogP contribution >= 0.6 is 0 Å². The molecule has 6 nitrogen and oxygen atoms in total. The van der Waals surface area contributed by atoms with Crippen molar-refractivity contribution in [2.45, 2.75) is 70.6 Å². The maximum absolute atomic E-state index is 12.3. The lowest BCUT2D eigenvalue weighted by molar-refractivity contribution is -0.142. The average molecular weight is 352 g/mol. The number of hydrogen-bond acceptors (Lipinski definition) is 5. The van der Waals surface area contributed by atoms with Gasteiger partial charge >= 0.3 is 12.1 Å². The van der Waals surface area contributed by atoms with E-state index in [-0.39, 0.29) is 12.1 Å². The van der Waals surface area contributed by atoms with Crippen LogP contribution in [0.15, 0.2) is 0 Å². The molecule has 2 heterocycles. The highest BCUT2D eigenvalue weighted by Crippen LogP contribution is 2.42. The highest BCUT2D eigenvalue weighted by atomic mass is 16.6. The number of esters is 1. The SMILES string of the molecule is COC(=O)C[C@@H]1CCCN1C1CC2CN(C(=O)OC(C)(C)C)CC2C1. The zero-order valence-electron chi connectivity index (χ0n) is 16.0. The molecule has 142 valence electrons. The predicted octanol–water partition coefficient (Wildman–Crippen LogP) is 2.66. The van der Waals surface area contributed by atoms with Crippen LogP contribution in [0.3, 0.4) is 0 Å². The zero-order valence-corrected chi connectivity index (χ0v) is 16.0. The number of likely N-dealkylation sites (tertiary alicyclic amines) is 2. The first-order valence-electron chi connectivity index (χ1n) is 9.57. The normalized spacial score (nSPS) is 32.7. The highest BCUT2D eigenvalue weighted by molar-refractivity contribution is 5.70. The number of carbonyl (C=O) groups is 2. The monoisotopic (exact) mass is 352 g/mol. The molecule has 0 aromatic rings. The van der Waals surface area contributed by atoms with Crippen molar-refractivity contribution < 1.29 is 19.1 Å². The van der Waals surface area contributed by atoms with Crippen LogP contribution in [0.2, 0.25) is 0 Å². The number of amides is 1. The van der Waals surface area contributed by atoms with Gasteiger partial charge in [-0.25, -0.2) is 4.79 Å². The number of fused-ring (bicyclic) bond motifs is 1. The molecule has 3 atom stereocenters. The number of rotatable bonds is 3. The number of hydrogen-bond donors (Lipinski definition) is 0. The van der Waals surface area contributed by atoms with Gasteiger partial charge in [-0.3, -0.25) is 9.69 Å². The molecule has 2 saturated heterocycles. The minimum atomic E-state index is -0.437. The lowest BCUT2D eigenvalue weighted by atomic mass is 10.0. The van der Waals surface area contributed by atoms with Gasteiger partial charge in [0.2, 0.25) is 0 Å². The summed E-state index contributed by atoms with van der Waals surface area (Å²) in [5.74, 6) is 1.03. The largest absolute Gasteiger partial charge is 0.469 e. The summed E-state index contributed by atoms with van der Waals surface area (Å²) in [5.41, 5.74) is -0.437. The van der Waals surface area contributed by atoms with Crippen LogP contribution in [0.1, 0.15) is 52.9 Å². The van der Waals surface area contributed by atoms with Crippen molar-refractivity contribution in [3.63, 3.8) is 0 Å². The highest BCUT2D eigenvalue weighted by Gasteiger charge is 2.46. The molecule has 3 fully saturated rings. The van der Waals surface area contributed by atoms with E-state index in [2.05, 4.69) is 4.90 Å². The fourth-order valence-corrected chi connectivity index (χ4v) is 4.85. The molecule has 6 heteroatoms. The summed E-state index contributed by atoms with van der Waals surface area (Å²) in [6.07, 6.45) is 4.83. The molecule has 1 saturated carbocycles. The Labute approximate surface area is 150 Å². The molecule has 0 bridgehead atoms. The lowest BCUT2D eigenvalue weighted by Gasteiger charge is -2.31. The average Bonchev–Trinajstić information content (AvgIpc) is 3.18. The van der Waals surface area contributed by atoms with Gasteiger partial charge in [-0.15, -0.1) is 0 Å². The molecule has 25 heavy (non-hydrogen) atoms. The summed E-state index contributed by atoms with van der Waals surface area (Å²) in [6.45, 7) is 8.44. The standard InChI is InChI=1S/C19H32N2O4/c1-19(2,3)25-18(23)20-11-13-8-16(9-14(13)12-20)21-7-5-6-15(21)10-17(22)24-4/h13-16H,5-12H2,1-4H3/t13?,14?,15-,16?/m0/s1. The van der Waals surface area contributed by atoms with Gasteiger partial charge in [-0.1, -0.05) is 0 Å². The Bertz CT molecular complexity index is 502. The second-order valence-corrected chi connectivity index (χ2v) is 8.84. The van der Waals surface area contributed by atoms with Crippen LogP contribution in [0.25, 0.3) is 0 Å². The number of ether oxygens (including phenoxy) is 2. The Morgan fingerprint density at radius 3 is 2.32 bits per heavy atom. The van der Waals surface area contributed by atoms with Gasteiger partial charge in [0.05, 0.1) is 13.5 Å². The van der Waals surface area contributed by atoms with E-state index in [0.29, 0.717) is 30.3 Å². The molecule has 1 aliphatic carbocycles. The topological polar surface area (TPSA) is 59.1 Å². The summed E-state index contributed by atoms with van der Waals surface area (Å²) >= 11 is 0. The second-order valence-electron chi connectivity index (χ2n) is 8.84. The van der Waals surface area contributed by atoms with Gasteiger partial charge in [0.25, 0.3) is 0 Å². The van der Waals surface area contributed by atoms with Crippen molar-refractivity contribution in [3.05, 3.63) is 0 Å². The van der Waals surface area contributed by atoms with E-state index in [0.717, 1.165) is 45.3 Å². The van der Waals surface area contributed by atoms with Crippen LogP contribution in [-0.4, -0.2) is 66.3 Å². The third-order valence-corrected chi connectivity index (χ3v) is 5.90. The Morgan fingerprint density at radius 1 is 1.12 bits per heavy atom. The summed E-state index contributed by atoms with van der Waals surface area (Å²) in [7, 11) is 1.47. The Hall–Kier alpha value is -1.30. The quantitative estimate of drug-likeness (QED) is 0.731.